The van der Waals surface area contributed by atoms with Crippen LogP contribution in [0.2, 0.25) is 0 Å². The molecule has 8 fully saturated rings. The van der Waals surface area contributed by atoms with E-state index in [0.717, 1.165) is 130 Å². The van der Waals surface area contributed by atoms with E-state index in [1.807, 2.05) is 179 Å². The van der Waals surface area contributed by atoms with Crippen molar-refractivity contribution in [2.24, 2.45) is 81.3 Å². The predicted octanol–water partition coefficient (Wildman–Crippen LogP) is 17.3. The first-order valence-corrected chi connectivity index (χ1v) is 50.1. The first-order chi connectivity index (χ1) is 64.3. The minimum absolute atomic E-state index is 0.0444. The van der Waals surface area contributed by atoms with Gasteiger partial charge in [0.25, 0.3) is 0 Å². The smallest absolute Gasteiger partial charge is 0.329 e. The van der Waals surface area contributed by atoms with Gasteiger partial charge in [-0.1, -0.05) is 109 Å². The molecule has 0 spiro atoms. The normalized spacial score (nSPS) is 30.6. The Bertz CT molecular complexity index is 5440. The van der Waals surface area contributed by atoms with Gasteiger partial charge < -0.3 is 71.9 Å². The van der Waals surface area contributed by atoms with Gasteiger partial charge in [-0.2, -0.15) is 0 Å². The topological polar surface area (TPSA) is 362 Å². The minimum atomic E-state index is -1.08. The highest BCUT2D eigenvalue weighted by molar-refractivity contribution is 5.92. The largest absolute Gasteiger partial charge is 0.497 e. The average Bonchev–Trinajstić information content (AvgIpc) is 1.61. The van der Waals surface area contributed by atoms with E-state index in [1.54, 1.807) is 31.1 Å². The Balaban J connectivity index is 0.000000155. The second-order valence-corrected chi connectivity index (χ2v) is 45.4. The number of esters is 5. The van der Waals surface area contributed by atoms with E-state index in [0.29, 0.717) is 107 Å². The summed E-state index contributed by atoms with van der Waals surface area (Å²) in [5, 5.41) is 10.4. The molecule has 22 atom stereocenters. The highest BCUT2D eigenvalue weighted by atomic mass is 16.6. The molecule has 11 aliphatic rings. The number of carboxylic acids is 1. The van der Waals surface area contributed by atoms with E-state index in [2.05, 4.69) is 0 Å². The van der Waals surface area contributed by atoms with Crippen LogP contribution >= 0.6 is 0 Å². The number of methoxy groups -OCH3 is 3. The van der Waals surface area contributed by atoms with Gasteiger partial charge in [0.2, 0.25) is 35.4 Å². The zero-order valence-electron chi connectivity index (χ0n) is 83.7. The third kappa shape index (κ3) is 23.3. The number of hydrogen-bond acceptors (Lipinski definition) is 26. The molecule has 740 valence electrons. The number of aliphatic carboxylic acids is 1. The fourth-order valence-electron chi connectivity index (χ4n) is 21.6. The Kier molecular flexibility index (Phi) is 29.7. The number of nitrogens with zero attached hydrogens (tertiary/aromatic N) is 9. The molecule has 1 N–H and O–H groups in total. The van der Waals surface area contributed by atoms with Crippen LogP contribution in [0.4, 0.5) is 0 Å². The molecule has 3 amide bonds. The van der Waals surface area contributed by atoms with Gasteiger partial charge in [-0.3, -0.25) is 28.8 Å². The number of amides is 3. The van der Waals surface area contributed by atoms with Crippen LogP contribution in [0.15, 0.2) is 54.6 Å². The van der Waals surface area contributed by atoms with Gasteiger partial charge in [0, 0.05) is 47.8 Å². The van der Waals surface area contributed by atoms with E-state index in [-0.39, 0.29) is 117 Å². The van der Waals surface area contributed by atoms with Crippen LogP contribution in [0, 0.1) is 81.3 Å². The summed E-state index contributed by atoms with van der Waals surface area (Å²) < 4.78 is 65.9. The van der Waals surface area contributed by atoms with Crippen LogP contribution < -0.4 is 28.4 Å². The molecule has 3 aromatic heterocycles. The molecular formula is C106H145N9O21. The fraction of sp³-hybridized carbons (Fsp3) is 0.689. The Labute approximate surface area is 800 Å². The predicted molar refractivity (Wildman–Crippen MR) is 507 cm³/mol. The maximum atomic E-state index is 14.6. The van der Waals surface area contributed by atoms with E-state index < -0.39 is 105 Å². The van der Waals surface area contributed by atoms with Gasteiger partial charge in [-0.25, -0.2) is 44.3 Å². The molecule has 30 nitrogen and oxygen atoms in total. The van der Waals surface area contributed by atoms with Gasteiger partial charge in [0.1, 0.15) is 100 Å². The van der Waals surface area contributed by atoms with Crippen molar-refractivity contribution in [1.29, 1.82) is 0 Å². The highest BCUT2D eigenvalue weighted by Gasteiger charge is 2.58. The molecule has 9 heterocycles. The molecule has 3 saturated heterocycles. The Hall–Kier alpha value is -10.3. The lowest BCUT2D eigenvalue weighted by atomic mass is 9.77. The Morgan fingerprint density at radius 2 is 0.699 bits per heavy atom. The third-order valence-electron chi connectivity index (χ3n) is 29.9. The van der Waals surface area contributed by atoms with Gasteiger partial charge in [0.15, 0.2) is 0 Å². The lowest BCUT2D eigenvalue weighted by Gasteiger charge is -2.35. The van der Waals surface area contributed by atoms with Crippen molar-refractivity contribution < 1.29 is 100 Å². The summed E-state index contributed by atoms with van der Waals surface area (Å²) in [6.45, 7) is 34.7. The maximum Gasteiger partial charge on any atom is 0.329 e. The summed E-state index contributed by atoms with van der Waals surface area (Å²) >= 11 is 0. The van der Waals surface area contributed by atoms with Crippen LogP contribution in [-0.4, -0.2) is 210 Å². The second kappa shape index (κ2) is 40.3. The molecule has 17 rings (SSSR count). The fourth-order valence-corrected chi connectivity index (χ4v) is 21.6. The second-order valence-electron chi connectivity index (χ2n) is 45.4. The first-order valence-electron chi connectivity index (χ1n) is 50.1. The van der Waals surface area contributed by atoms with Gasteiger partial charge in [0.05, 0.1) is 111 Å². The van der Waals surface area contributed by atoms with E-state index in [9.17, 15) is 48.3 Å². The molecule has 6 bridgehead atoms. The van der Waals surface area contributed by atoms with Gasteiger partial charge in [-0.05, 0) is 220 Å². The van der Waals surface area contributed by atoms with Crippen LogP contribution in [0.5, 0.6) is 34.9 Å². The highest BCUT2D eigenvalue weighted by Crippen LogP contribution is 2.56. The first kappa shape index (κ1) is 100. The molecule has 6 aromatic rings. The number of carbonyl (C=O) groups excluding carboxylic acids is 8. The molecule has 5 aliphatic carbocycles. The molecule has 136 heavy (non-hydrogen) atoms. The average molecular weight is 1880 g/mol. The van der Waals surface area contributed by atoms with Crippen molar-refractivity contribution in [2.75, 3.05) is 41.0 Å². The molecule has 30 heteroatoms. The van der Waals surface area contributed by atoms with Gasteiger partial charge in [-0.15, -0.1) is 0 Å². The number of rotatable bonds is 9. The van der Waals surface area contributed by atoms with Crippen molar-refractivity contribution in [3.8, 4) is 34.9 Å². The molecular weight excluding hydrogens is 1740 g/mol. The SMILES string of the molecule is CC[C@@H]1[C@@H]2CN(C(=O)[C@H](C(C)(C)C)CC(=O)O[C@@H]3C[C@H]3CCCC3CC3c3nc4ccc(OC)cc4nc3O2)[C@@H]1C(=O)O.CC[C@@H]1[C@@H]2CN(C(=O)[C@H](C(C)(C)C)CC(=O)O[C@@H]3C[C@H]3CCCC3CC3c3nc4ccc(OC)cc4nc3O2)[C@@H]1C(=O)OC(C)(C)C.CC[C@@H]1[C@@H]2CN(C(=O)[C@H](C(C)(C)C)CC(=O)O[C@@H]3C[C@H]3CCCCCc3nc4ccc(OC)cc4nc3O2)[C@@H]1C(=O)OC(C)(C)C. The number of carbonyl (C=O) groups is 9. The van der Waals surface area contributed by atoms with Crippen molar-refractivity contribution >= 4 is 86.6 Å². The van der Waals surface area contributed by atoms with Crippen LogP contribution in [0.1, 0.15) is 288 Å². The molecule has 5 saturated carbocycles. The number of fused-ring (bicyclic) bond motifs is 19. The van der Waals surface area contributed by atoms with Crippen molar-refractivity contribution in [2.45, 2.75) is 344 Å². The zero-order valence-corrected chi connectivity index (χ0v) is 83.7. The lowest BCUT2D eigenvalue weighted by Crippen LogP contribution is -2.50. The van der Waals surface area contributed by atoms with Crippen molar-refractivity contribution in [3.63, 3.8) is 0 Å². The number of aromatic nitrogens is 6. The summed E-state index contributed by atoms with van der Waals surface area (Å²) in [7, 11) is 4.83. The molecule has 6 aliphatic heterocycles. The summed E-state index contributed by atoms with van der Waals surface area (Å²) in [5.41, 5.74) is 3.44. The molecule has 3 aromatic carbocycles. The maximum absolute atomic E-state index is 14.6. The zero-order chi connectivity index (χ0) is 97.9. The van der Waals surface area contributed by atoms with Crippen LogP contribution in [0.25, 0.3) is 33.1 Å². The lowest BCUT2D eigenvalue weighted by molar-refractivity contribution is -0.167. The third-order valence-corrected chi connectivity index (χ3v) is 29.9. The molecule has 4 unspecified atom stereocenters. The summed E-state index contributed by atoms with van der Waals surface area (Å²) in [6, 6.07) is 14.0. The molecule has 0 radical (unpaired) electrons. The van der Waals surface area contributed by atoms with E-state index >= 15 is 0 Å². The monoisotopic (exact) mass is 1880 g/mol. The summed E-state index contributed by atoms with van der Waals surface area (Å²) in [4.78, 5) is 158. The van der Waals surface area contributed by atoms with Gasteiger partial charge >= 0.3 is 35.8 Å². The summed E-state index contributed by atoms with van der Waals surface area (Å²) in [5.74, 6) is -1.56. The van der Waals surface area contributed by atoms with Crippen LogP contribution in [0.3, 0.4) is 0 Å². The minimum Gasteiger partial charge on any atom is -0.497 e. The standard InChI is InChI=1S/C37H51N3O7.C36H51N3O7.C33H43N3O7/c1-9-23-29-19-40(32(23)35(43)47-37(5,6)7)34(42)25(36(2,3)4)18-30(41)45-28-16-21(28)12-10-11-20-15-24(20)31-33(46-29)39-27-17-22(44-8)13-14-26(27)38-31;1-9-23-29-20-39(31(23)34(42)46-36(5,6)7)33(41)24(35(2,3)4)19-30(40)44-28-17-21(28)13-11-10-12-14-26-32(45-29)38-27-18-22(43-8)15-16-25(27)37-26;1-6-20-26-16-36(29(20)32(39)40)31(38)22(33(2,3)4)15-27(37)42-25-13-18(25)9-7-8-17-12-21(17)28-30(43-26)35-24-14-19(41-5)10-11-23(24)34-28/h13-14,17,20-21,23-25,28-29,32H,9-12,15-16,18-19H2,1-8H3;15-16,18,21,23-24,28-29,31H,9-14,17,19-20H2,1-8H3;10-11,14,17-18,20-22,25-26,29H,6-9,12-13,15-16H2,1-5H3,(H,39,40)/t20?,21-,23-,24?,25-,28-,29+,32+;21-,23-,24-,28-,29+,31+;17?,18-,20-,21?,22-,25-,26+,29+/m111/s1. The Morgan fingerprint density at radius 1 is 0.375 bits per heavy atom. The number of hydrogen-bond donors (Lipinski definition) is 1. The summed E-state index contributed by atoms with van der Waals surface area (Å²) in [6.07, 6.45) is 15.0. The number of benzene rings is 3. The number of ether oxygens (including phenoxy) is 11. The quantitative estimate of drug-likeness (QED) is 0.104. The van der Waals surface area contributed by atoms with E-state index in [1.165, 1.54) is 4.90 Å². The van der Waals surface area contributed by atoms with Crippen molar-refractivity contribution in [1.82, 2.24) is 44.6 Å². The number of aryl methyl sites for hydroxylation is 1. The number of carboxylic acid groups (broad SMARTS) is 1. The Morgan fingerprint density at radius 3 is 1.04 bits per heavy atom. The van der Waals surface area contributed by atoms with E-state index in [4.69, 9.17) is 82.0 Å². The van der Waals surface area contributed by atoms with Crippen molar-refractivity contribution in [3.05, 3.63) is 71.7 Å². The van der Waals surface area contributed by atoms with Crippen LogP contribution in [-0.2, 0) is 73.3 Å².